The van der Waals surface area contributed by atoms with Crippen LogP contribution in [0.15, 0.2) is 0 Å². The molecule has 2 rings (SSSR count). The Bertz CT molecular complexity index is 241. The quantitative estimate of drug-likeness (QED) is 0.792. The first-order valence-corrected chi connectivity index (χ1v) is 7.63. The van der Waals surface area contributed by atoms with Crippen LogP contribution in [0.1, 0.15) is 52.4 Å². The maximum Gasteiger partial charge on any atom is 0.0700 e. The lowest BCUT2D eigenvalue weighted by Crippen LogP contribution is -2.53. The average Bonchev–Trinajstić information content (AvgIpc) is 2.90. The van der Waals surface area contributed by atoms with Gasteiger partial charge in [0.15, 0.2) is 0 Å². The van der Waals surface area contributed by atoms with Crippen LogP contribution < -0.4 is 5.32 Å². The summed E-state index contributed by atoms with van der Waals surface area (Å²) in [5.74, 6) is 1.62. The predicted molar refractivity (Wildman–Crippen MR) is 73.6 cm³/mol. The van der Waals surface area contributed by atoms with E-state index in [0.717, 1.165) is 37.8 Å². The van der Waals surface area contributed by atoms with Crippen LogP contribution in [0.2, 0.25) is 0 Å². The number of hydrogen-bond donors (Lipinski definition) is 2. The summed E-state index contributed by atoms with van der Waals surface area (Å²) < 4.78 is 5.65. The molecule has 3 nitrogen and oxygen atoms in total. The van der Waals surface area contributed by atoms with E-state index in [9.17, 15) is 5.11 Å². The van der Waals surface area contributed by atoms with Gasteiger partial charge in [-0.1, -0.05) is 13.8 Å². The van der Waals surface area contributed by atoms with Gasteiger partial charge < -0.3 is 15.2 Å². The zero-order valence-electron chi connectivity index (χ0n) is 12.0. The fraction of sp³-hybridized carbons (Fsp3) is 1.00. The summed E-state index contributed by atoms with van der Waals surface area (Å²) in [5, 5.41) is 13.3. The van der Waals surface area contributed by atoms with Gasteiger partial charge in [-0.25, -0.2) is 0 Å². The molecule has 0 spiro atoms. The van der Waals surface area contributed by atoms with Crippen molar-refractivity contribution in [1.29, 1.82) is 0 Å². The number of nitrogens with one attached hydrogen (secondary N) is 1. The third-order valence-electron chi connectivity index (χ3n) is 4.96. The molecule has 0 aromatic heterocycles. The van der Waals surface area contributed by atoms with Crippen molar-refractivity contribution in [2.75, 3.05) is 19.8 Å². The van der Waals surface area contributed by atoms with Crippen LogP contribution >= 0.6 is 0 Å². The second-order valence-electron chi connectivity index (χ2n) is 6.54. The normalized spacial score (nSPS) is 37.3. The van der Waals surface area contributed by atoms with Crippen molar-refractivity contribution in [2.24, 2.45) is 11.8 Å². The second kappa shape index (κ2) is 6.36. The molecule has 2 N–H and O–H groups in total. The first-order valence-electron chi connectivity index (χ1n) is 7.63. The van der Waals surface area contributed by atoms with Crippen molar-refractivity contribution < 1.29 is 9.84 Å². The summed E-state index contributed by atoms with van der Waals surface area (Å²) in [7, 11) is 0. The first kappa shape index (κ1) is 14.3. The van der Waals surface area contributed by atoms with E-state index < -0.39 is 0 Å². The van der Waals surface area contributed by atoms with E-state index in [4.69, 9.17) is 4.74 Å². The number of ether oxygens (including phenoxy) is 1. The summed E-state index contributed by atoms with van der Waals surface area (Å²) in [4.78, 5) is 0. The van der Waals surface area contributed by atoms with Crippen LogP contribution in [0.25, 0.3) is 0 Å². The molecule has 106 valence electrons. The van der Waals surface area contributed by atoms with E-state index >= 15 is 0 Å². The van der Waals surface area contributed by atoms with Gasteiger partial charge in [-0.2, -0.15) is 0 Å². The third kappa shape index (κ3) is 3.46. The van der Waals surface area contributed by atoms with Gasteiger partial charge in [0.2, 0.25) is 0 Å². The molecule has 1 heterocycles. The largest absolute Gasteiger partial charge is 0.394 e. The van der Waals surface area contributed by atoms with Gasteiger partial charge in [0.05, 0.1) is 12.7 Å². The molecule has 1 aliphatic carbocycles. The minimum absolute atomic E-state index is 0.0304. The molecule has 2 fully saturated rings. The van der Waals surface area contributed by atoms with Gasteiger partial charge in [0, 0.05) is 18.7 Å². The molecule has 0 aromatic rings. The Morgan fingerprint density at radius 2 is 2.00 bits per heavy atom. The fourth-order valence-electron chi connectivity index (χ4n) is 3.39. The SMILES string of the molecule is CC(C)C1CCC(CO)(NCC2CCCO2)CC1. The molecule has 0 aromatic carbocycles. The summed E-state index contributed by atoms with van der Waals surface area (Å²) in [6.45, 7) is 6.72. The van der Waals surface area contributed by atoms with Crippen molar-refractivity contribution in [1.82, 2.24) is 5.32 Å². The van der Waals surface area contributed by atoms with Gasteiger partial charge in [-0.3, -0.25) is 0 Å². The zero-order valence-corrected chi connectivity index (χ0v) is 12.0. The maximum atomic E-state index is 9.74. The molecular formula is C15H29NO2. The van der Waals surface area contributed by atoms with Crippen molar-refractivity contribution in [3.63, 3.8) is 0 Å². The smallest absolute Gasteiger partial charge is 0.0700 e. The van der Waals surface area contributed by atoms with Crippen molar-refractivity contribution in [3.05, 3.63) is 0 Å². The Morgan fingerprint density at radius 3 is 2.50 bits per heavy atom. The Labute approximate surface area is 111 Å². The molecule has 1 atom stereocenters. The molecule has 1 unspecified atom stereocenters. The van der Waals surface area contributed by atoms with Crippen molar-refractivity contribution in [3.8, 4) is 0 Å². The standard InChI is InChI=1S/C15H29NO2/c1-12(2)13-5-7-15(11-17,8-6-13)16-10-14-4-3-9-18-14/h12-14,16-17H,3-11H2,1-2H3. The van der Waals surface area contributed by atoms with Crippen LogP contribution in [0.3, 0.4) is 0 Å². The lowest BCUT2D eigenvalue weighted by atomic mass is 9.73. The van der Waals surface area contributed by atoms with Crippen LogP contribution in [0, 0.1) is 11.8 Å². The van der Waals surface area contributed by atoms with Crippen LogP contribution in [0.4, 0.5) is 0 Å². The highest BCUT2D eigenvalue weighted by atomic mass is 16.5. The van der Waals surface area contributed by atoms with Crippen LogP contribution in [-0.2, 0) is 4.74 Å². The number of rotatable bonds is 5. The maximum absolute atomic E-state index is 9.74. The van der Waals surface area contributed by atoms with E-state index in [2.05, 4.69) is 19.2 Å². The average molecular weight is 255 g/mol. The highest BCUT2D eigenvalue weighted by Crippen LogP contribution is 2.35. The highest BCUT2D eigenvalue weighted by Gasteiger charge is 2.35. The number of aliphatic hydroxyl groups excluding tert-OH is 1. The Balaban J connectivity index is 1.80. The van der Waals surface area contributed by atoms with E-state index in [1.54, 1.807) is 0 Å². The van der Waals surface area contributed by atoms with Crippen molar-refractivity contribution in [2.45, 2.75) is 64.0 Å². The van der Waals surface area contributed by atoms with Gasteiger partial charge in [0.1, 0.15) is 0 Å². The van der Waals surface area contributed by atoms with Gasteiger partial charge in [-0.05, 0) is 50.4 Å². The predicted octanol–water partition coefficient (Wildman–Crippen LogP) is 2.33. The van der Waals surface area contributed by atoms with E-state index in [0.29, 0.717) is 6.10 Å². The molecule has 18 heavy (non-hydrogen) atoms. The molecule has 2 aliphatic rings. The monoisotopic (exact) mass is 255 g/mol. The minimum Gasteiger partial charge on any atom is -0.394 e. The molecule has 1 saturated heterocycles. The van der Waals surface area contributed by atoms with Gasteiger partial charge in [-0.15, -0.1) is 0 Å². The third-order valence-corrected chi connectivity index (χ3v) is 4.96. The molecule has 0 radical (unpaired) electrons. The molecule has 3 heteroatoms. The van der Waals surface area contributed by atoms with Crippen LogP contribution in [0.5, 0.6) is 0 Å². The lowest BCUT2D eigenvalue weighted by molar-refractivity contribution is 0.0612. The Hall–Kier alpha value is -0.120. The van der Waals surface area contributed by atoms with E-state index in [1.165, 1.54) is 25.7 Å². The molecule has 0 amide bonds. The molecule has 1 aliphatic heterocycles. The summed E-state index contributed by atoms with van der Waals surface area (Å²) in [5.41, 5.74) is -0.0304. The number of hydrogen-bond acceptors (Lipinski definition) is 3. The Kier molecular flexibility index (Phi) is 5.05. The van der Waals surface area contributed by atoms with E-state index in [-0.39, 0.29) is 12.1 Å². The van der Waals surface area contributed by atoms with Crippen LogP contribution in [-0.4, -0.2) is 36.5 Å². The van der Waals surface area contributed by atoms with Gasteiger partial charge >= 0.3 is 0 Å². The first-order chi connectivity index (χ1) is 8.65. The second-order valence-corrected chi connectivity index (χ2v) is 6.54. The Morgan fingerprint density at radius 1 is 1.28 bits per heavy atom. The summed E-state index contributed by atoms with van der Waals surface area (Å²) >= 11 is 0. The number of aliphatic hydroxyl groups is 1. The summed E-state index contributed by atoms with van der Waals surface area (Å²) in [6.07, 6.45) is 7.44. The zero-order chi connectivity index (χ0) is 13.0. The molecule has 1 saturated carbocycles. The topological polar surface area (TPSA) is 41.5 Å². The summed E-state index contributed by atoms with van der Waals surface area (Å²) in [6, 6.07) is 0. The fourth-order valence-corrected chi connectivity index (χ4v) is 3.39. The van der Waals surface area contributed by atoms with E-state index in [1.807, 2.05) is 0 Å². The lowest BCUT2D eigenvalue weighted by Gasteiger charge is -2.41. The highest BCUT2D eigenvalue weighted by molar-refractivity contribution is 4.93. The molecule has 0 bridgehead atoms. The molecular weight excluding hydrogens is 226 g/mol. The van der Waals surface area contributed by atoms with Gasteiger partial charge in [0.25, 0.3) is 0 Å². The van der Waals surface area contributed by atoms with Crippen molar-refractivity contribution >= 4 is 0 Å². The minimum atomic E-state index is -0.0304.